The molecule has 0 saturated heterocycles. The number of nitro groups is 1. The molecule has 0 bridgehead atoms. The van der Waals surface area contributed by atoms with Crippen LogP contribution in [0, 0.1) is 21.7 Å². The molecule has 7 heteroatoms. The number of nitro benzene ring substituents is 1. The van der Waals surface area contributed by atoms with E-state index in [4.69, 9.17) is 0 Å². The number of halogens is 2. The quantitative estimate of drug-likeness (QED) is 0.662. The van der Waals surface area contributed by atoms with Crippen LogP contribution in [0.5, 0.6) is 0 Å². The highest BCUT2D eigenvalue weighted by molar-refractivity contribution is 5.79. The number of nitrogens with one attached hydrogen (secondary N) is 2. The molecule has 104 valence electrons. The van der Waals surface area contributed by atoms with Gasteiger partial charge in [-0.1, -0.05) is 12.1 Å². The molecule has 20 heavy (non-hydrogen) atoms. The first-order chi connectivity index (χ1) is 9.54. The van der Waals surface area contributed by atoms with Crippen LogP contribution in [-0.2, 0) is 0 Å². The van der Waals surface area contributed by atoms with Crippen LogP contribution in [0.2, 0.25) is 0 Å². The molecular formula is C13H11F2N3O2. The van der Waals surface area contributed by atoms with E-state index in [2.05, 4.69) is 10.6 Å². The van der Waals surface area contributed by atoms with E-state index in [1.165, 1.54) is 31.3 Å². The van der Waals surface area contributed by atoms with E-state index >= 15 is 0 Å². The van der Waals surface area contributed by atoms with Gasteiger partial charge in [-0.25, -0.2) is 8.78 Å². The van der Waals surface area contributed by atoms with Gasteiger partial charge >= 0.3 is 5.69 Å². The lowest BCUT2D eigenvalue weighted by Gasteiger charge is -2.10. The van der Waals surface area contributed by atoms with Crippen LogP contribution in [-0.4, -0.2) is 12.0 Å². The number of benzene rings is 2. The van der Waals surface area contributed by atoms with E-state index in [0.29, 0.717) is 0 Å². The zero-order valence-corrected chi connectivity index (χ0v) is 10.5. The molecule has 0 heterocycles. The van der Waals surface area contributed by atoms with Crippen LogP contribution >= 0.6 is 0 Å². The Morgan fingerprint density at radius 1 is 1.05 bits per heavy atom. The van der Waals surface area contributed by atoms with Crippen LogP contribution in [0.4, 0.5) is 31.5 Å². The average Bonchev–Trinajstić information content (AvgIpc) is 2.43. The molecule has 5 nitrogen and oxygen atoms in total. The summed E-state index contributed by atoms with van der Waals surface area (Å²) >= 11 is 0. The van der Waals surface area contributed by atoms with Crippen molar-refractivity contribution in [2.75, 3.05) is 17.7 Å². The van der Waals surface area contributed by atoms with Crippen molar-refractivity contribution in [1.29, 1.82) is 0 Å². The molecule has 0 aliphatic rings. The van der Waals surface area contributed by atoms with E-state index in [0.717, 1.165) is 6.07 Å². The second-order valence-corrected chi connectivity index (χ2v) is 3.94. The maximum atomic E-state index is 13.6. The van der Waals surface area contributed by atoms with E-state index in [9.17, 15) is 18.9 Å². The third-order valence-electron chi connectivity index (χ3n) is 2.71. The van der Waals surface area contributed by atoms with Crippen molar-refractivity contribution in [1.82, 2.24) is 0 Å². The standard InChI is InChI=1S/C13H11F2N3O2/c1-16-10-6-3-7-11(13(10)18(19)20)17-9-5-2-4-8(14)12(9)15/h2-7,16-17H,1H3. The van der Waals surface area contributed by atoms with Gasteiger partial charge in [-0.15, -0.1) is 0 Å². The molecular weight excluding hydrogens is 268 g/mol. The monoisotopic (exact) mass is 279 g/mol. The maximum Gasteiger partial charge on any atom is 0.315 e. The lowest BCUT2D eigenvalue weighted by Crippen LogP contribution is -2.02. The molecule has 0 unspecified atom stereocenters. The van der Waals surface area contributed by atoms with Crippen LogP contribution in [0.15, 0.2) is 36.4 Å². The van der Waals surface area contributed by atoms with Crippen molar-refractivity contribution in [2.24, 2.45) is 0 Å². The first-order valence-corrected chi connectivity index (χ1v) is 5.70. The third-order valence-corrected chi connectivity index (χ3v) is 2.71. The summed E-state index contributed by atoms with van der Waals surface area (Å²) in [5.74, 6) is -2.11. The van der Waals surface area contributed by atoms with Crippen molar-refractivity contribution in [3.05, 3.63) is 58.1 Å². The van der Waals surface area contributed by atoms with Crippen LogP contribution in [0.3, 0.4) is 0 Å². The summed E-state index contributed by atoms with van der Waals surface area (Å²) in [7, 11) is 1.54. The zero-order chi connectivity index (χ0) is 14.7. The SMILES string of the molecule is CNc1cccc(Nc2cccc(F)c2F)c1[N+](=O)[O-]. The molecule has 2 aromatic rings. The van der Waals surface area contributed by atoms with Crippen molar-refractivity contribution >= 4 is 22.7 Å². The summed E-state index contributed by atoms with van der Waals surface area (Å²) in [5.41, 5.74) is -0.0526. The first-order valence-electron chi connectivity index (χ1n) is 5.70. The van der Waals surface area contributed by atoms with Crippen molar-refractivity contribution < 1.29 is 13.7 Å². The molecule has 0 radical (unpaired) electrons. The minimum absolute atomic E-state index is 0.0753. The minimum Gasteiger partial charge on any atom is -0.382 e. The number of anilines is 3. The Balaban J connectivity index is 2.48. The maximum absolute atomic E-state index is 13.6. The Labute approximate surface area is 113 Å². The van der Waals surface area contributed by atoms with Crippen molar-refractivity contribution in [3.63, 3.8) is 0 Å². The fourth-order valence-electron chi connectivity index (χ4n) is 1.79. The van der Waals surface area contributed by atoms with Crippen LogP contribution in [0.1, 0.15) is 0 Å². The van der Waals surface area contributed by atoms with Gasteiger partial charge in [0.25, 0.3) is 0 Å². The van der Waals surface area contributed by atoms with Gasteiger partial charge in [-0.3, -0.25) is 10.1 Å². The highest BCUT2D eigenvalue weighted by Gasteiger charge is 2.20. The smallest absolute Gasteiger partial charge is 0.315 e. The van der Waals surface area contributed by atoms with Gasteiger partial charge in [0.05, 0.1) is 10.6 Å². The molecule has 0 fully saturated rings. The van der Waals surface area contributed by atoms with Crippen molar-refractivity contribution in [2.45, 2.75) is 0 Å². The van der Waals surface area contributed by atoms with Crippen molar-refractivity contribution in [3.8, 4) is 0 Å². The van der Waals surface area contributed by atoms with Crippen LogP contribution < -0.4 is 10.6 Å². The summed E-state index contributed by atoms with van der Waals surface area (Å²) in [6.07, 6.45) is 0. The largest absolute Gasteiger partial charge is 0.382 e. The van der Waals surface area contributed by atoms with Gasteiger partial charge in [0.2, 0.25) is 0 Å². The topological polar surface area (TPSA) is 67.2 Å². The number of nitrogens with zero attached hydrogens (tertiary/aromatic N) is 1. The van der Waals surface area contributed by atoms with E-state index in [1.54, 1.807) is 6.07 Å². The van der Waals surface area contributed by atoms with Gasteiger partial charge < -0.3 is 10.6 Å². The van der Waals surface area contributed by atoms with Gasteiger partial charge in [0.15, 0.2) is 11.6 Å². The normalized spacial score (nSPS) is 10.2. The van der Waals surface area contributed by atoms with E-state index in [-0.39, 0.29) is 22.7 Å². The van der Waals surface area contributed by atoms with Gasteiger partial charge in [0, 0.05) is 7.05 Å². The van der Waals surface area contributed by atoms with Gasteiger partial charge in [0.1, 0.15) is 11.4 Å². The predicted molar refractivity (Wildman–Crippen MR) is 72.3 cm³/mol. The second kappa shape index (κ2) is 5.52. The highest BCUT2D eigenvalue weighted by atomic mass is 19.2. The Morgan fingerprint density at radius 2 is 1.65 bits per heavy atom. The summed E-state index contributed by atoms with van der Waals surface area (Å²) in [5, 5.41) is 16.3. The molecule has 0 atom stereocenters. The minimum atomic E-state index is -1.09. The summed E-state index contributed by atoms with van der Waals surface area (Å²) in [6.45, 7) is 0. The summed E-state index contributed by atoms with van der Waals surface area (Å²) in [6, 6.07) is 8.09. The lowest BCUT2D eigenvalue weighted by atomic mass is 10.2. The second-order valence-electron chi connectivity index (χ2n) is 3.94. The van der Waals surface area contributed by atoms with Crippen LogP contribution in [0.25, 0.3) is 0 Å². The lowest BCUT2D eigenvalue weighted by molar-refractivity contribution is -0.383. The van der Waals surface area contributed by atoms with Gasteiger partial charge in [-0.05, 0) is 24.3 Å². The molecule has 0 spiro atoms. The molecule has 0 aromatic heterocycles. The summed E-state index contributed by atoms with van der Waals surface area (Å²) in [4.78, 5) is 10.5. The average molecular weight is 279 g/mol. The Bertz CT molecular complexity index is 662. The first kappa shape index (κ1) is 13.7. The molecule has 2 aromatic carbocycles. The highest BCUT2D eigenvalue weighted by Crippen LogP contribution is 2.35. The Hall–Kier alpha value is -2.70. The zero-order valence-electron chi connectivity index (χ0n) is 10.5. The fraction of sp³-hybridized carbons (Fsp3) is 0.0769. The molecule has 0 aliphatic heterocycles. The number of rotatable bonds is 4. The third kappa shape index (κ3) is 2.51. The summed E-state index contributed by atoms with van der Waals surface area (Å²) < 4.78 is 26.7. The molecule has 2 N–H and O–H groups in total. The molecule has 0 amide bonds. The fourth-order valence-corrected chi connectivity index (χ4v) is 1.79. The molecule has 2 rings (SSSR count). The molecule has 0 aliphatic carbocycles. The number of para-hydroxylation sites is 1. The number of hydrogen-bond acceptors (Lipinski definition) is 4. The predicted octanol–water partition coefficient (Wildman–Crippen LogP) is 3.66. The Kier molecular flexibility index (Phi) is 3.79. The van der Waals surface area contributed by atoms with E-state index in [1.807, 2.05) is 0 Å². The molecule has 0 saturated carbocycles. The van der Waals surface area contributed by atoms with E-state index < -0.39 is 16.6 Å². The Morgan fingerprint density at radius 3 is 2.30 bits per heavy atom. The van der Waals surface area contributed by atoms with Gasteiger partial charge in [-0.2, -0.15) is 0 Å². The number of hydrogen-bond donors (Lipinski definition) is 2.